The molecule has 2 rings (SSSR count). The molecule has 1 heterocycles. The molecule has 1 unspecified atom stereocenters. The van der Waals surface area contributed by atoms with Crippen molar-refractivity contribution in [2.24, 2.45) is 0 Å². The molecule has 0 saturated heterocycles. The Morgan fingerprint density at radius 2 is 1.95 bits per heavy atom. The van der Waals surface area contributed by atoms with Crippen molar-refractivity contribution in [2.75, 3.05) is 13.7 Å². The van der Waals surface area contributed by atoms with Crippen molar-refractivity contribution in [3.05, 3.63) is 51.2 Å². The SMILES string of the molecule is CCNC(c1cc(CC)ccc1CC)c1sccc1OC. The zero-order valence-electron chi connectivity index (χ0n) is 13.4. The van der Waals surface area contributed by atoms with E-state index in [2.05, 4.69) is 55.7 Å². The van der Waals surface area contributed by atoms with Crippen LogP contribution in [0.15, 0.2) is 29.6 Å². The second kappa shape index (κ2) is 7.62. The van der Waals surface area contributed by atoms with Gasteiger partial charge in [-0.1, -0.05) is 39.0 Å². The summed E-state index contributed by atoms with van der Waals surface area (Å²) in [6.07, 6.45) is 2.12. The maximum atomic E-state index is 5.53. The normalized spacial score (nSPS) is 12.4. The third-order valence-electron chi connectivity index (χ3n) is 3.86. The van der Waals surface area contributed by atoms with E-state index in [1.807, 2.05) is 0 Å². The average molecular weight is 303 g/mol. The minimum Gasteiger partial charge on any atom is -0.496 e. The van der Waals surface area contributed by atoms with Crippen molar-refractivity contribution < 1.29 is 4.74 Å². The number of benzene rings is 1. The van der Waals surface area contributed by atoms with Crippen molar-refractivity contribution in [2.45, 2.75) is 39.7 Å². The molecule has 114 valence electrons. The quantitative estimate of drug-likeness (QED) is 0.808. The molecule has 0 aliphatic rings. The fourth-order valence-electron chi connectivity index (χ4n) is 2.69. The van der Waals surface area contributed by atoms with Crippen LogP contribution in [-0.4, -0.2) is 13.7 Å². The van der Waals surface area contributed by atoms with Gasteiger partial charge in [-0.25, -0.2) is 0 Å². The molecule has 1 aromatic carbocycles. The van der Waals surface area contributed by atoms with Crippen LogP contribution in [0, 0.1) is 0 Å². The summed E-state index contributed by atoms with van der Waals surface area (Å²) < 4.78 is 5.53. The Morgan fingerprint density at radius 1 is 1.14 bits per heavy atom. The standard InChI is InChI=1S/C18H25NOS/c1-5-13-8-9-14(6-2)15(12-13)17(19-7-3)18-16(20-4)10-11-21-18/h8-12,17,19H,5-7H2,1-4H3. The smallest absolute Gasteiger partial charge is 0.134 e. The molecule has 0 radical (unpaired) electrons. The molecule has 1 aromatic heterocycles. The minimum atomic E-state index is 0.214. The van der Waals surface area contributed by atoms with E-state index in [1.54, 1.807) is 18.4 Å². The van der Waals surface area contributed by atoms with Gasteiger partial charge in [0.1, 0.15) is 5.75 Å². The number of nitrogens with one attached hydrogen (secondary N) is 1. The monoisotopic (exact) mass is 303 g/mol. The van der Waals surface area contributed by atoms with Crippen LogP contribution in [-0.2, 0) is 12.8 Å². The predicted octanol–water partition coefficient (Wildman–Crippen LogP) is 4.58. The van der Waals surface area contributed by atoms with Crippen molar-refractivity contribution in [1.29, 1.82) is 0 Å². The first-order valence-corrected chi connectivity index (χ1v) is 8.59. The second-order valence-electron chi connectivity index (χ2n) is 5.08. The summed E-state index contributed by atoms with van der Waals surface area (Å²) in [7, 11) is 1.75. The number of aryl methyl sites for hydroxylation is 2. The van der Waals surface area contributed by atoms with Gasteiger partial charge in [-0.15, -0.1) is 11.3 Å². The Kier molecular flexibility index (Phi) is 5.83. The van der Waals surface area contributed by atoms with Crippen LogP contribution in [0.1, 0.15) is 48.4 Å². The summed E-state index contributed by atoms with van der Waals surface area (Å²) in [5.41, 5.74) is 4.19. The highest BCUT2D eigenvalue weighted by molar-refractivity contribution is 7.10. The van der Waals surface area contributed by atoms with E-state index in [4.69, 9.17) is 4.74 Å². The van der Waals surface area contributed by atoms with E-state index >= 15 is 0 Å². The fourth-order valence-corrected chi connectivity index (χ4v) is 3.64. The molecule has 0 bridgehead atoms. The zero-order valence-corrected chi connectivity index (χ0v) is 14.2. The third-order valence-corrected chi connectivity index (χ3v) is 4.82. The molecule has 3 heteroatoms. The van der Waals surface area contributed by atoms with Crippen LogP contribution in [0.5, 0.6) is 5.75 Å². The van der Waals surface area contributed by atoms with Crippen molar-refractivity contribution in [3.63, 3.8) is 0 Å². The van der Waals surface area contributed by atoms with E-state index in [1.165, 1.54) is 21.6 Å². The molecular formula is C18H25NOS. The lowest BCUT2D eigenvalue weighted by molar-refractivity contribution is 0.407. The van der Waals surface area contributed by atoms with Crippen LogP contribution in [0.4, 0.5) is 0 Å². The molecular weight excluding hydrogens is 278 g/mol. The Morgan fingerprint density at radius 3 is 2.57 bits per heavy atom. The van der Waals surface area contributed by atoms with Crippen LogP contribution in [0.2, 0.25) is 0 Å². The summed E-state index contributed by atoms with van der Waals surface area (Å²) in [5.74, 6) is 0.981. The fraction of sp³-hybridized carbons (Fsp3) is 0.444. The van der Waals surface area contributed by atoms with Gasteiger partial charge < -0.3 is 10.1 Å². The van der Waals surface area contributed by atoms with Crippen LogP contribution < -0.4 is 10.1 Å². The average Bonchev–Trinajstić information content (AvgIpc) is 3.00. The number of rotatable bonds is 7. The van der Waals surface area contributed by atoms with E-state index in [0.717, 1.165) is 25.1 Å². The summed E-state index contributed by atoms with van der Waals surface area (Å²) in [5, 5.41) is 5.74. The molecule has 0 spiro atoms. The van der Waals surface area contributed by atoms with E-state index in [9.17, 15) is 0 Å². The van der Waals surface area contributed by atoms with Gasteiger partial charge in [0.2, 0.25) is 0 Å². The summed E-state index contributed by atoms with van der Waals surface area (Å²) in [4.78, 5) is 1.27. The van der Waals surface area contributed by atoms with Crippen LogP contribution in [0.25, 0.3) is 0 Å². The van der Waals surface area contributed by atoms with E-state index in [0.29, 0.717) is 0 Å². The topological polar surface area (TPSA) is 21.3 Å². The number of hydrogen-bond donors (Lipinski definition) is 1. The second-order valence-corrected chi connectivity index (χ2v) is 6.03. The maximum Gasteiger partial charge on any atom is 0.134 e. The van der Waals surface area contributed by atoms with Gasteiger partial charge in [0, 0.05) is 0 Å². The highest BCUT2D eigenvalue weighted by atomic mass is 32.1. The van der Waals surface area contributed by atoms with E-state index < -0.39 is 0 Å². The lowest BCUT2D eigenvalue weighted by Crippen LogP contribution is -2.23. The Bertz CT molecular complexity index is 576. The number of thiophene rings is 1. The molecule has 0 saturated carbocycles. The lowest BCUT2D eigenvalue weighted by atomic mass is 9.94. The zero-order chi connectivity index (χ0) is 15.2. The summed E-state index contributed by atoms with van der Waals surface area (Å²) in [6.45, 7) is 7.52. The number of hydrogen-bond acceptors (Lipinski definition) is 3. The van der Waals surface area contributed by atoms with Crippen LogP contribution in [0.3, 0.4) is 0 Å². The number of ether oxygens (including phenoxy) is 1. The maximum absolute atomic E-state index is 5.53. The molecule has 2 aromatic rings. The van der Waals surface area contributed by atoms with Gasteiger partial charge >= 0.3 is 0 Å². The highest BCUT2D eigenvalue weighted by Crippen LogP contribution is 2.36. The first-order chi connectivity index (χ1) is 10.2. The predicted molar refractivity (Wildman–Crippen MR) is 91.6 cm³/mol. The van der Waals surface area contributed by atoms with Crippen molar-refractivity contribution in [3.8, 4) is 5.75 Å². The third kappa shape index (κ3) is 3.47. The Balaban J connectivity index is 2.51. The highest BCUT2D eigenvalue weighted by Gasteiger charge is 2.21. The molecule has 0 aliphatic heterocycles. The van der Waals surface area contributed by atoms with Gasteiger partial charge in [-0.05, 0) is 47.5 Å². The molecule has 2 nitrogen and oxygen atoms in total. The van der Waals surface area contributed by atoms with E-state index in [-0.39, 0.29) is 6.04 Å². The van der Waals surface area contributed by atoms with Gasteiger partial charge in [0.15, 0.2) is 0 Å². The van der Waals surface area contributed by atoms with Crippen molar-refractivity contribution >= 4 is 11.3 Å². The van der Waals surface area contributed by atoms with Gasteiger partial charge in [-0.2, -0.15) is 0 Å². The Labute approximate surface area is 132 Å². The van der Waals surface area contributed by atoms with Gasteiger partial charge in [-0.3, -0.25) is 0 Å². The molecule has 0 amide bonds. The minimum absolute atomic E-state index is 0.214. The largest absolute Gasteiger partial charge is 0.496 e. The summed E-state index contributed by atoms with van der Waals surface area (Å²) in [6, 6.07) is 9.15. The number of methoxy groups -OCH3 is 1. The molecule has 0 fully saturated rings. The first-order valence-electron chi connectivity index (χ1n) is 7.71. The molecule has 1 N–H and O–H groups in total. The molecule has 1 atom stereocenters. The van der Waals surface area contributed by atoms with Gasteiger partial charge in [0.25, 0.3) is 0 Å². The first kappa shape index (κ1) is 16.1. The summed E-state index contributed by atoms with van der Waals surface area (Å²) >= 11 is 1.76. The van der Waals surface area contributed by atoms with Gasteiger partial charge in [0.05, 0.1) is 18.0 Å². The lowest BCUT2D eigenvalue weighted by Gasteiger charge is -2.22. The Hall–Kier alpha value is -1.32. The molecule has 21 heavy (non-hydrogen) atoms. The molecule has 0 aliphatic carbocycles. The van der Waals surface area contributed by atoms with Crippen LogP contribution >= 0.6 is 11.3 Å². The van der Waals surface area contributed by atoms with Crippen molar-refractivity contribution in [1.82, 2.24) is 5.32 Å².